The van der Waals surface area contributed by atoms with Crippen LogP contribution in [0.15, 0.2) is 49.3 Å². The van der Waals surface area contributed by atoms with Crippen LogP contribution in [-0.4, -0.2) is 46.5 Å². The number of hydrogen-bond donors (Lipinski definition) is 1. The van der Waals surface area contributed by atoms with Crippen molar-refractivity contribution in [3.8, 4) is 0 Å². The lowest BCUT2D eigenvalue weighted by Gasteiger charge is -2.34. The molecule has 2 aromatic rings. The Hall–Kier alpha value is -2.64. The number of aliphatic hydroxyl groups is 1. The first-order chi connectivity index (χ1) is 13.7. The first-order valence-corrected chi connectivity index (χ1v) is 10.1. The Bertz CT molecular complexity index is 1050. The van der Waals surface area contributed by atoms with Crippen molar-refractivity contribution >= 4 is 50.5 Å². The van der Waals surface area contributed by atoms with E-state index in [0.717, 1.165) is 5.00 Å². The van der Waals surface area contributed by atoms with Gasteiger partial charge in [-0.3, -0.25) is 4.79 Å². The number of nitrogens with zero attached hydrogens (tertiary/aromatic N) is 3. The molecule has 8 heteroatoms. The standard InChI is InChI=1S/C21H21ClFN3O2S/c1-5-17(28)25-6-8-26(9-7-25)21-15-11-16(22)18(19(23)20(15)24-29-21)14(12(2)3)10-13(4)27/h5,10-11,27H,1-2,4,6-9H2,3H3/b14-10+. The lowest BCUT2D eigenvalue weighted by Crippen LogP contribution is -2.48. The number of halogens is 2. The molecule has 1 aliphatic heterocycles. The topological polar surface area (TPSA) is 56.7 Å². The molecule has 0 atom stereocenters. The van der Waals surface area contributed by atoms with Gasteiger partial charge in [-0.2, -0.15) is 4.37 Å². The van der Waals surface area contributed by atoms with Crippen LogP contribution in [0.5, 0.6) is 0 Å². The molecule has 0 spiro atoms. The van der Waals surface area contributed by atoms with Crippen LogP contribution < -0.4 is 4.90 Å². The third-order valence-electron chi connectivity index (χ3n) is 4.74. The van der Waals surface area contributed by atoms with Crippen molar-refractivity contribution in [2.24, 2.45) is 0 Å². The van der Waals surface area contributed by atoms with Crippen LogP contribution >= 0.6 is 23.1 Å². The van der Waals surface area contributed by atoms with Crippen LogP contribution in [0.25, 0.3) is 16.5 Å². The van der Waals surface area contributed by atoms with E-state index < -0.39 is 5.82 Å². The average molecular weight is 434 g/mol. The van der Waals surface area contributed by atoms with Crippen molar-refractivity contribution in [3.05, 3.63) is 65.7 Å². The van der Waals surface area contributed by atoms with E-state index in [9.17, 15) is 9.90 Å². The summed E-state index contributed by atoms with van der Waals surface area (Å²) in [6.45, 7) is 14.8. The Kier molecular flexibility index (Phi) is 6.10. The highest BCUT2D eigenvalue weighted by Gasteiger charge is 2.26. The maximum Gasteiger partial charge on any atom is 0.246 e. The number of amides is 1. The van der Waals surface area contributed by atoms with Gasteiger partial charge in [-0.25, -0.2) is 4.39 Å². The van der Waals surface area contributed by atoms with E-state index in [0.29, 0.717) is 42.7 Å². The first kappa shape index (κ1) is 21.1. The van der Waals surface area contributed by atoms with Crippen molar-refractivity contribution in [3.63, 3.8) is 0 Å². The molecule has 0 unspecified atom stereocenters. The second-order valence-corrected chi connectivity index (χ2v) is 7.94. The van der Waals surface area contributed by atoms with E-state index in [1.807, 2.05) is 0 Å². The molecule has 0 bridgehead atoms. The molecule has 0 aliphatic carbocycles. The minimum atomic E-state index is -0.564. The summed E-state index contributed by atoms with van der Waals surface area (Å²) in [5.74, 6) is -0.877. The minimum absolute atomic E-state index is 0.0953. The molecule has 152 valence electrons. The highest BCUT2D eigenvalue weighted by molar-refractivity contribution is 7.11. The maximum absolute atomic E-state index is 15.4. The first-order valence-electron chi connectivity index (χ1n) is 8.94. The fourth-order valence-electron chi connectivity index (χ4n) is 3.31. The molecule has 1 saturated heterocycles. The van der Waals surface area contributed by atoms with Crippen LogP contribution in [-0.2, 0) is 4.79 Å². The van der Waals surface area contributed by atoms with Gasteiger partial charge in [0.1, 0.15) is 16.3 Å². The van der Waals surface area contributed by atoms with E-state index in [1.54, 1.807) is 17.9 Å². The van der Waals surface area contributed by atoms with Gasteiger partial charge in [-0.05, 0) is 42.2 Å². The molecule has 2 heterocycles. The summed E-state index contributed by atoms with van der Waals surface area (Å²) in [5.41, 5.74) is 1.26. The number of hydrogen-bond acceptors (Lipinski definition) is 5. The molecular weight excluding hydrogens is 413 g/mol. The number of rotatable bonds is 5. The highest BCUT2D eigenvalue weighted by Crippen LogP contribution is 2.40. The number of fused-ring (bicyclic) bond motifs is 1. The van der Waals surface area contributed by atoms with E-state index in [2.05, 4.69) is 29.0 Å². The Morgan fingerprint density at radius 1 is 1.34 bits per heavy atom. The van der Waals surface area contributed by atoms with Crippen molar-refractivity contribution in [1.29, 1.82) is 0 Å². The monoisotopic (exact) mass is 433 g/mol. The van der Waals surface area contributed by atoms with E-state index in [1.165, 1.54) is 23.7 Å². The lowest BCUT2D eigenvalue weighted by molar-refractivity contribution is -0.126. The Balaban J connectivity index is 2.01. The van der Waals surface area contributed by atoms with E-state index >= 15 is 4.39 Å². The molecule has 1 aliphatic rings. The number of carbonyl (C=O) groups is 1. The van der Waals surface area contributed by atoms with Crippen molar-refractivity contribution < 1.29 is 14.3 Å². The van der Waals surface area contributed by atoms with Crippen molar-refractivity contribution in [1.82, 2.24) is 9.27 Å². The molecule has 1 amide bonds. The number of carbonyl (C=O) groups excluding carboxylic acids is 1. The predicted octanol–water partition coefficient (Wildman–Crippen LogP) is 4.95. The average Bonchev–Trinajstić information content (AvgIpc) is 3.10. The summed E-state index contributed by atoms with van der Waals surface area (Å²) in [6, 6.07) is 1.69. The third kappa shape index (κ3) is 4.06. The number of aliphatic hydroxyl groups excluding tert-OH is 1. The molecule has 0 radical (unpaired) electrons. The van der Waals surface area contributed by atoms with E-state index in [4.69, 9.17) is 11.6 Å². The van der Waals surface area contributed by atoms with Gasteiger partial charge in [-0.15, -0.1) is 0 Å². The zero-order valence-electron chi connectivity index (χ0n) is 16.0. The summed E-state index contributed by atoms with van der Waals surface area (Å²) >= 11 is 7.64. The SMILES string of the molecule is C=CC(=O)N1CCN(c2snc3c(F)c(/C(=C/C(=C)O)C(=C)C)c(Cl)cc23)CC1. The summed E-state index contributed by atoms with van der Waals surface area (Å²) < 4.78 is 19.7. The second kappa shape index (κ2) is 8.39. The summed E-state index contributed by atoms with van der Waals surface area (Å²) in [6.07, 6.45) is 2.64. The van der Waals surface area contributed by atoms with Gasteiger partial charge in [0.15, 0.2) is 5.82 Å². The molecule has 29 heavy (non-hydrogen) atoms. The van der Waals surface area contributed by atoms with Gasteiger partial charge in [0, 0.05) is 37.1 Å². The fourth-order valence-corrected chi connectivity index (χ4v) is 4.51. The summed E-state index contributed by atoms with van der Waals surface area (Å²) in [5, 5.41) is 11.2. The molecule has 3 rings (SSSR count). The zero-order chi connectivity index (χ0) is 21.3. The number of aromatic nitrogens is 1. The third-order valence-corrected chi connectivity index (χ3v) is 5.96. The molecular formula is C21H21ClFN3O2S. The molecule has 1 aromatic heterocycles. The summed E-state index contributed by atoms with van der Waals surface area (Å²) in [4.78, 5) is 15.6. The van der Waals surface area contributed by atoms with Gasteiger partial charge in [0.2, 0.25) is 5.91 Å². The number of piperazine rings is 1. The van der Waals surface area contributed by atoms with Gasteiger partial charge in [0.25, 0.3) is 0 Å². The number of anilines is 1. The number of benzene rings is 1. The minimum Gasteiger partial charge on any atom is -0.509 e. The lowest BCUT2D eigenvalue weighted by atomic mass is 9.97. The van der Waals surface area contributed by atoms with Gasteiger partial charge >= 0.3 is 0 Å². The molecule has 1 N–H and O–H groups in total. The predicted molar refractivity (Wildman–Crippen MR) is 118 cm³/mol. The maximum atomic E-state index is 15.4. The molecule has 1 fully saturated rings. The van der Waals surface area contributed by atoms with Crippen LogP contribution in [0.4, 0.5) is 9.39 Å². The highest BCUT2D eigenvalue weighted by atomic mass is 35.5. The normalized spacial score (nSPS) is 14.9. The second-order valence-electron chi connectivity index (χ2n) is 6.78. The van der Waals surface area contributed by atoms with Crippen LogP contribution in [0.2, 0.25) is 5.02 Å². The van der Waals surface area contributed by atoms with Crippen LogP contribution in [0, 0.1) is 5.82 Å². The Morgan fingerprint density at radius 3 is 2.55 bits per heavy atom. The molecule has 5 nitrogen and oxygen atoms in total. The quantitative estimate of drug-likeness (QED) is 0.411. The van der Waals surface area contributed by atoms with Gasteiger partial charge < -0.3 is 14.9 Å². The van der Waals surface area contributed by atoms with Gasteiger partial charge in [0.05, 0.1) is 5.02 Å². The molecule has 1 aromatic carbocycles. The Labute approximate surface area is 177 Å². The molecule has 0 saturated carbocycles. The van der Waals surface area contributed by atoms with Crippen LogP contribution in [0.3, 0.4) is 0 Å². The van der Waals surface area contributed by atoms with Crippen molar-refractivity contribution in [2.75, 3.05) is 31.1 Å². The van der Waals surface area contributed by atoms with E-state index in [-0.39, 0.29) is 27.8 Å². The smallest absolute Gasteiger partial charge is 0.246 e. The fraction of sp³-hybridized carbons (Fsp3) is 0.238. The largest absolute Gasteiger partial charge is 0.509 e. The number of allylic oxidation sites excluding steroid dienone is 3. The van der Waals surface area contributed by atoms with Crippen molar-refractivity contribution in [2.45, 2.75) is 6.92 Å². The zero-order valence-corrected chi connectivity index (χ0v) is 17.6. The Morgan fingerprint density at radius 2 is 2.00 bits per heavy atom. The van der Waals surface area contributed by atoms with Crippen LogP contribution in [0.1, 0.15) is 12.5 Å². The summed E-state index contributed by atoms with van der Waals surface area (Å²) in [7, 11) is 0. The van der Waals surface area contributed by atoms with Gasteiger partial charge in [-0.1, -0.05) is 36.9 Å².